The molecule has 1 saturated carbocycles. The van der Waals surface area contributed by atoms with Gasteiger partial charge in [-0.1, -0.05) is 0 Å². The second-order valence-electron chi connectivity index (χ2n) is 4.28. The van der Waals surface area contributed by atoms with E-state index in [0.29, 0.717) is 5.25 Å². The molecule has 6 nitrogen and oxygen atoms in total. The van der Waals surface area contributed by atoms with Crippen LogP contribution in [0.1, 0.15) is 29.8 Å². The molecule has 1 fully saturated rings. The first-order valence-electron chi connectivity index (χ1n) is 5.66. The van der Waals surface area contributed by atoms with Crippen LogP contribution >= 0.6 is 23.1 Å². The second-order valence-corrected chi connectivity index (χ2v) is 8.18. The highest BCUT2D eigenvalue weighted by atomic mass is 32.2. The van der Waals surface area contributed by atoms with Crippen molar-refractivity contribution in [3.63, 3.8) is 0 Å². The molecule has 0 saturated heterocycles. The largest absolute Gasteiger partial charge is 0.476 e. The van der Waals surface area contributed by atoms with Crippen LogP contribution in [0.15, 0.2) is 9.72 Å². The van der Waals surface area contributed by atoms with Crippen molar-refractivity contribution in [1.29, 1.82) is 0 Å². The molecule has 1 aliphatic carbocycles. The van der Waals surface area contributed by atoms with E-state index in [4.69, 9.17) is 5.11 Å². The van der Waals surface area contributed by atoms with Gasteiger partial charge >= 0.3 is 5.97 Å². The number of thiazole rings is 1. The zero-order valence-corrected chi connectivity index (χ0v) is 12.6. The van der Waals surface area contributed by atoms with Crippen molar-refractivity contribution in [2.24, 2.45) is 0 Å². The van der Waals surface area contributed by atoms with Crippen LogP contribution in [0.4, 0.5) is 0 Å². The molecule has 0 radical (unpaired) electrons. The SMILES string of the molecule is CSC1CCC(NS(=O)(=O)c2scnc2C(=O)O)C1. The number of hydrogen-bond donors (Lipinski definition) is 2. The molecule has 0 bridgehead atoms. The van der Waals surface area contributed by atoms with Crippen LogP contribution in [-0.4, -0.2) is 42.0 Å². The number of carbonyl (C=O) groups is 1. The van der Waals surface area contributed by atoms with Crippen LogP contribution in [0, 0.1) is 0 Å². The minimum Gasteiger partial charge on any atom is -0.476 e. The van der Waals surface area contributed by atoms with Crippen molar-refractivity contribution < 1.29 is 18.3 Å². The molecule has 0 amide bonds. The third kappa shape index (κ3) is 3.28. The summed E-state index contributed by atoms with van der Waals surface area (Å²) in [6.07, 6.45) is 4.55. The first-order valence-corrected chi connectivity index (χ1v) is 9.31. The molecule has 0 spiro atoms. The normalized spacial score (nSPS) is 23.6. The van der Waals surface area contributed by atoms with Crippen molar-refractivity contribution in [2.45, 2.75) is 34.8 Å². The first kappa shape index (κ1) is 14.8. The van der Waals surface area contributed by atoms with Gasteiger partial charge in [-0.15, -0.1) is 11.3 Å². The Labute approximate surface area is 119 Å². The van der Waals surface area contributed by atoms with Gasteiger partial charge in [0.15, 0.2) is 9.90 Å². The number of nitrogens with one attached hydrogen (secondary N) is 1. The van der Waals surface area contributed by atoms with E-state index in [1.165, 1.54) is 5.51 Å². The van der Waals surface area contributed by atoms with Gasteiger partial charge in [-0.05, 0) is 25.5 Å². The first-order chi connectivity index (χ1) is 8.94. The van der Waals surface area contributed by atoms with Gasteiger partial charge in [-0.3, -0.25) is 0 Å². The number of hydrogen-bond acceptors (Lipinski definition) is 6. The predicted octanol–water partition coefficient (Wildman–Crippen LogP) is 1.40. The summed E-state index contributed by atoms with van der Waals surface area (Å²) in [5, 5.41) is 9.37. The van der Waals surface area contributed by atoms with Crippen molar-refractivity contribution in [1.82, 2.24) is 9.71 Å². The van der Waals surface area contributed by atoms with Gasteiger partial charge in [-0.2, -0.15) is 11.8 Å². The van der Waals surface area contributed by atoms with E-state index in [1.807, 2.05) is 6.26 Å². The van der Waals surface area contributed by atoms with Gasteiger partial charge in [0.1, 0.15) is 0 Å². The number of carboxylic acids is 1. The monoisotopic (exact) mass is 322 g/mol. The van der Waals surface area contributed by atoms with Crippen molar-refractivity contribution in [3.8, 4) is 0 Å². The molecular formula is C10H14N2O4S3. The Morgan fingerprint density at radius 1 is 1.58 bits per heavy atom. The lowest BCUT2D eigenvalue weighted by Crippen LogP contribution is -2.33. The molecule has 2 N–H and O–H groups in total. The highest BCUT2D eigenvalue weighted by molar-refractivity contribution is 7.99. The van der Waals surface area contributed by atoms with Crippen LogP contribution in [-0.2, 0) is 10.0 Å². The summed E-state index contributed by atoms with van der Waals surface area (Å²) in [6.45, 7) is 0. The molecule has 1 aliphatic rings. The smallest absolute Gasteiger partial charge is 0.356 e. The molecule has 9 heteroatoms. The maximum Gasteiger partial charge on any atom is 0.356 e. The predicted molar refractivity (Wildman–Crippen MR) is 74.3 cm³/mol. The van der Waals surface area contributed by atoms with E-state index >= 15 is 0 Å². The molecule has 2 rings (SSSR count). The van der Waals surface area contributed by atoms with Crippen molar-refractivity contribution >= 4 is 39.1 Å². The average Bonchev–Trinajstić information content (AvgIpc) is 2.95. The number of thioether (sulfide) groups is 1. The third-order valence-corrected chi connectivity index (χ3v) is 7.01. The fourth-order valence-corrected chi connectivity index (χ4v) is 5.34. The Kier molecular flexibility index (Phi) is 4.49. The number of aromatic nitrogens is 1. The molecule has 0 aliphatic heterocycles. The number of rotatable bonds is 5. The maximum absolute atomic E-state index is 12.2. The lowest BCUT2D eigenvalue weighted by Gasteiger charge is -2.12. The van der Waals surface area contributed by atoms with E-state index < -0.39 is 21.7 Å². The fourth-order valence-electron chi connectivity index (χ4n) is 2.10. The van der Waals surface area contributed by atoms with E-state index in [1.54, 1.807) is 11.8 Å². The van der Waals surface area contributed by atoms with Crippen LogP contribution in [0.25, 0.3) is 0 Å². The average molecular weight is 322 g/mol. The standard InChI is InChI=1S/C10H14N2O4S3/c1-17-7-3-2-6(4-7)12-19(15,16)10-8(9(13)14)11-5-18-10/h5-7,12H,2-4H2,1H3,(H,13,14). The van der Waals surface area contributed by atoms with E-state index in [9.17, 15) is 13.2 Å². The van der Waals surface area contributed by atoms with Crippen molar-refractivity contribution in [2.75, 3.05) is 6.26 Å². The minimum atomic E-state index is -3.79. The summed E-state index contributed by atoms with van der Waals surface area (Å²) < 4.78 is 26.7. The third-order valence-electron chi connectivity index (χ3n) is 3.02. The van der Waals surface area contributed by atoms with Gasteiger partial charge in [0.2, 0.25) is 0 Å². The van der Waals surface area contributed by atoms with Gasteiger partial charge in [0, 0.05) is 11.3 Å². The highest BCUT2D eigenvalue weighted by Crippen LogP contribution is 2.30. The Hall–Kier alpha value is -0.640. The highest BCUT2D eigenvalue weighted by Gasteiger charge is 2.31. The van der Waals surface area contributed by atoms with Crippen LogP contribution in [0.5, 0.6) is 0 Å². The molecule has 2 unspecified atom stereocenters. The second kappa shape index (κ2) is 5.78. The minimum absolute atomic E-state index is 0.119. The summed E-state index contributed by atoms with van der Waals surface area (Å²) >= 11 is 2.56. The van der Waals surface area contributed by atoms with E-state index in [2.05, 4.69) is 9.71 Å². The topological polar surface area (TPSA) is 96.4 Å². The van der Waals surface area contributed by atoms with Crippen LogP contribution in [0.2, 0.25) is 0 Å². The number of nitrogens with zero attached hydrogens (tertiary/aromatic N) is 1. The lowest BCUT2D eigenvalue weighted by atomic mass is 10.3. The van der Waals surface area contributed by atoms with Gasteiger partial charge in [0.05, 0.1) is 5.51 Å². The summed E-state index contributed by atoms with van der Waals surface area (Å²) in [5.74, 6) is -1.32. The molecule has 1 aromatic heterocycles. The van der Waals surface area contributed by atoms with Gasteiger partial charge < -0.3 is 5.11 Å². The molecule has 0 aromatic carbocycles. The molecule has 1 aromatic rings. The number of sulfonamides is 1. The zero-order chi connectivity index (χ0) is 14.0. The molecule has 106 valence electrons. The van der Waals surface area contributed by atoms with Crippen LogP contribution < -0.4 is 4.72 Å². The van der Waals surface area contributed by atoms with E-state index in [-0.39, 0.29) is 10.3 Å². The Morgan fingerprint density at radius 3 is 2.89 bits per heavy atom. The Balaban J connectivity index is 2.15. The van der Waals surface area contributed by atoms with E-state index in [0.717, 1.165) is 30.6 Å². The number of carboxylic acid groups (broad SMARTS) is 1. The van der Waals surface area contributed by atoms with Crippen LogP contribution in [0.3, 0.4) is 0 Å². The molecule has 19 heavy (non-hydrogen) atoms. The van der Waals surface area contributed by atoms with Gasteiger partial charge in [0.25, 0.3) is 10.0 Å². The summed E-state index contributed by atoms with van der Waals surface area (Å²) in [6, 6.07) is -0.119. The zero-order valence-electron chi connectivity index (χ0n) is 10.2. The maximum atomic E-state index is 12.2. The Morgan fingerprint density at radius 2 is 2.32 bits per heavy atom. The number of aromatic carboxylic acids is 1. The lowest BCUT2D eigenvalue weighted by molar-refractivity contribution is 0.0687. The van der Waals surface area contributed by atoms with Gasteiger partial charge in [-0.25, -0.2) is 22.9 Å². The fraction of sp³-hybridized carbons (Fsp3) is 0.600. The van der Waals surface area contributed by atoms with Crippen molar-refractivity contribution in [3.05, 3.63) is 11.2 Å². The summed E-state index contributed by atoms with van der Waals surface area (Å²) in [7, 11) is -3.79. The quantitative estimate of drug-likeness (QED) is 0.851. The summed E-state index contributed by atoms with van der Waals surface area (Å²) in [5.41, 5.74) is 0.828. The molecular weight excluding hydrogens is 308 g/mol. The Bertz CT molecular complexity index is 569. The molecule has 2 atom stereocenters. The summed E-state index contributed by atoms with van der Waals surface area (Å²) in [4.78, 5) is 14.5. The molecule has 1 heterocycles.